The van der Waals surface area contributed by atoms with E-state index in [0.29, 0.717) is 0 Å². The van der Waals surface area contributed by atoms with Gasteiger partial charge in [0.1, 0.15) is 0 Å². The number of hydrogen-bond acceptors (Lipinski definition) is 1. The highest BCUT2D eigenvalue weighted by Crippen LogP contribution is 2.09. The minimum Gasteiger partial charge on any atom is -0.308 e. The molecule has 0 heterocycles. The van der Waals surface area contributed by atoms with Crippen LogP contribution < -0.4 is 5.32 Å². The normalized spacial score (nSPS) is 11.7. The Labute approximate surface area is 87.5 Å². The van der Waals surface area contributed by atoms with E-state index >= 15 is 0 Å². The molecule has 0 fully saturated rings. The van der Waals surface area contributed by atoms with E-state index in [1.807, 2.05) is 0 Å². The molecule has 1 N–H and O–H groups in total. The minimum atomic E-state index is 0.241. The van der Waals surface area contributed by atoms with Gasteiger partial charge in [-0.15, -0.1) is 0 Å². The Balaban J connectivity index is 2.50. The maximum Gasteiger partial charge on any atom is 0.0210 e. The third-order valence-electron chi connectivity index (χ3n) is 2.78. The van der Waals surface area contributed by atoms with Crippen molar-refractivity contribution in [2.75, 3.05) is 0 Å². The Hall–Kier alpha value is -0.820. The van der Waals surface area contributed by atoms with Crippen molar-refractivity contribution in [1.29, 1.82) is 0 Å². The van der Waals surface area contributed by atoms with Gasteiger partial charge in [0.25, 0.3) is 0 Å². The molecule has 0 saturated carbocycles. The molecule has 0 unspecified atom stereocenters. The molecule has 0 aliphatic rings. The van der Waals surface area contributed by atoms with Crippen LogP contribution in [0.2, 0.25) is 0 Å². The molecule has 0 aromatic heterocycles. The smallest absolute Gasteiger partial charge is 0.0210 e. The van der Waals surface area contributed by atoms with Gasteiger partial charge in [0, 0.05) is 12.1 Å². The first-order valence-electron chi connectivity index (χ1n) is 5.34. The largest absolute Gasteiger partial charge is 0.308 e. The molecule has 0 atom stereocenters. The maximum atomic E-state index is 3.54. The Morgan fingerprint density at radius 1 is 1.14 bits per heavy atom. The van der Waals surface area contributed by atoms with Gasteiger partial charge in [-0.05, 0) is 32.8 Å². The summed E-state index contributed by atoms with van der Waals surface area (Å²) in [6.45, 7) is 9.76. The highest BCUT2D eigenvalue weighted by molar-refractivity contribution is 5.21. The van der Waals surface area contributed by atoms with E-state index in [-0.39, 0.29) is 5.54 Å². The van der Waals surface area contributed by atoms with Gasteiger partial charge in [0.15, 0.2) is 0 Å². The Morgan fingerprint density at radius 2 is 1.71 bits per heavy atom. The van der Waals surface area contributed by atoms with E-state index in [9.17, 15) is 0 Å². The van der Waals surface area contributed by atoms with Gasteiger partial charge in [-0.3, -0.25) is 0 Å². The molecule has 1 nitrogen and oxygen atoms in total. The molecule has 0 spiro atoms. The minimum absolute atomic E-state index is 0.241. The third kappa shape index (κ3) is 3.51. The molecular weight excluding hydrogens is 170 g/mol. The molecule has 0 amide bonds. The van der Waals surface area contributed by atoms with Crippen LogP contribution in [0.1, 0.15) is 38.3 Å². The van der Waals surface area contributed by atoms with Crippen LogP contribution in [0.5, 0.6) is 0 Å². The van der Waals surface area contributed by atoms with Crippen LogP contribution in [-0.4, -0.2) is 5.54 Å². The van der Waals surface area contributed by atoms with Crippen molar-refractivity contribution in [2.24, 2.45) is 0 Å². The summed E-state index contributed by atoms with van der Waals surface area (Å²) in [6, 6.07) is 8.70. The molecule has 78 valence electrons. The molecule has 0 bridgehead atoms. The fourth-order valence-corrected chi connectivity index (χ4v) is 1.17. The summed E-state index contributed by atoms with van der Waals surface area (Å²) in [6.07, 6.45) is 1.15. The molecule has 1 aromatic carbocycles. The Kier molecular flexibility index (Phi) is 3.70. The fraction of sp³-hybridized carbons (Fsp3) is 0.538. The van der Waals surface area contributed by atoms with E-state index < -0.39 is 0 Å². The molecule has 0 aliphatic heterocycles. The number of rotatable bonds is 4. The second-order valence-corrected chi connectivity index (χ2v) is 4.58. The summed E-state index contributed by atoms with van der Waals surface area (Å²) in [7, 11) is 0. The fourth-order valence-electron chi connectivity index (χ4n) is 1.17. The molecule has 1 rings (SSSR count). The topological polar surface area (TPSA) is 12.0 Å². The molecule has 1 heteroatoms. The van der Waals surface area contributed by atoms with Crippen molar-refractivity contribution >= 4 is 0 Å². The lowest BCUT2D eigenvalue weighted by Crippen LogP contribution is -2.37. The second-order valence-electron chi connectivity index (χ2n) is 4.58. The number of hydrogen-bond donors (Lipinski definition) is 1. The van der Waals surface area contributed by atoms with Crippen LogP contribution in [0.3, 0.4) is 0 Å². The Bertz CT molecular complexity index is 272. The third-order valence-corrected chi connectivity index (χ3v) is 2.78. The standard InChI is InChI=1S/C13H21N/c1-5-13(3,4)14-10-12-8-6-11(2)7-9-12/h6-9,14H,5,10H2,1-4H3. The van der Waals surface area contributed by atoms with Crippen LogP contribution in [0.4, 0.5) is 0 Å². The van der Waals surface area contributed by atoms with E-state index in [4.69, 9.17) is 0 Å². The first kappa shape index (κ1) is 11.3. The summed E-state index contributed by atoms with van der Waals surface area (Å²) >= 11 is 0. The van der Waals surface area contributed by atoms with Gasteiger partial charge in [0.05, 0.1) is 0 Å². The van der Waals surface area contributed by atoms with Crippen LogP contribution in [-0.2, 0) is 6.54 Å². The van der Waals surface area contributed by atoms with Crippen LogP contribution >= 0.6 is 0 Å². The number of benzene rings is 1. The van der Waals surface area contributed by atoms with Gasteiger partial charge >= 0.3 is 0 Å². The highest BCUT2D eigenvalue weighted by atomic mass is 14.9. The van der Waals surface area contributed by atoms with Gasteiger partial charge in [-0.25, -0.2) is 0 Å². The van der Waals surface area contributed by atoms with Gasteiger partial charge < -0.3 is 5.32 Å². The summed E-state index contributed by atoms with van der Waals surface area (Å²) in [5.74, 6) is 0. The van der Waals surface area contributed by atoms with Gasteiger partial charge in [-0.1, -0.05) is 36.8 Å². The summed E-state index contributed by atoms with van der Waals surface area (Å²) in [5.41, 5.74) is 2.92. The lowest BCUT2D eigenvalue weighted by molar-refractivity contribution is 0.374. The van der Waals surface area contributed by atoms with Crippen LogP contribution in [0, 0.1) is 6.92 Å². The predicted molar refractivity (Wildman–Crippen MR) is 62.4 cm³/mol. The zero-order valence-corrected chi connectivity index (χ0v) is 9.72. The molecule has 0 saturated heterocycles. The van der Waals surface area contributed by atoms with E-state index in [1.54, 1.807) is 0 Å². The average molecular weight is 191 g/mol. The SMILES string of the molecule is CCC(C)(C)NCc1ccc(C)cc1. The average Bonchev–Trinajstić information content (AvgIpc) is 2.17. The van der Waals surface area contributed by atoms with Crippen molar-refractivity contribution in [3.8, 4) is 0 Å². The van der Waals surface area contributed by atoms with Crippen molar-refractivity contribution < 1.29 is 0 Å². The first-order chi connectivity index (χ1) is 6.53. The molecule has 0 aliphatic carbocycles. The molecular formula is C13H21N. The van der Waals surface area contributed by atoms with Gasteiger partial charge in [-0.2, -0.15) is 0 Å². The van der Waals surface area contributed by atoms with Crippen molar-refractivity contribution in [2.45, 2.75) is 46.2 Å². The van der Waals surface area contributed by atoms with Crippen molar-refractivity contribution in [3.05, 3.63) is 35.4 Å². The monoisotopic (exact) mass is 191 g/mol. The quantitative estimate of drug-likeness (QED) is 0.770. The zero-order chi connectivity index (χ0) is 10.6. The predicted octanol–water partition coefficient (Wildman–Crippen LogP) is 3.27. The summed E-state index contributed by atoms with van der Waals surface area (Å²) in [5, 5.41) is 3.54. The van der Waals surface area contributed by atoms with Crippen LogP contribution in [0.25, 0.3) is 0 Å². The summed E-state index contributed by atoms with van der Waals surface area (Å²) in [4.78, 5) is 0. The first-order valence-corrected chi connectivity index (χ1v) is 5.34. The lowest BCUT2D eigenvalue weighted by atomic mass is 10.0. The van der Waals surface area contributed by atoms with Crippen LogP contribution in [0.15, 0.2) is 24.3 Å². The molecule has 0 radical (unpaired) electrons. The Morgan fingerprint density at radius 3 is 2.21 bits per heavy atom. The summed E-state index contributed by atoms with van der Waals surface area (Å²) < 4.78 is 0. The van der Waals surface area contributed by atoms with E-state index in [1.165, 1.54) is 11.1 Å². The van der Waals surface area contributed by atoms with Gasteiger partial charge in [0.2, 0.25) is 0 Å². The van der Waals surface area contributed by atoms with E-state index in [0.717, 1.165) is 13.0 Å². The highest BCUT2D eigenvalue weighted by Gasteiger charge is 2.12. The number of aryl methyl sites for hydroxylation is 1. The van der Waals surface area contributed by atoms with Crippen molar-refractivity contribution in [3.63, 3.8) is 0 Å². The molecule has 14 heavy (non-hydrogen) atoms. The van der Waals surface area contributed by atoms with Crippen molar-refractivity contribution in [1.82, 2.24) is 5.32 Å². The number of nitrogens with one attached hydrogen (secondary N) is 1. The zero-order valence-electron chi connectivity index (χ0n) is 9.72. The maximum absolute atomic E-state index is 3.54. The van der Waals surface area contributed by atoms with E-state index in [2.05, 4.69) is 57.3 Å². The lowest BCUT2D eigenvalue weighted by Gasteiger charge is -2.24. The molecule has 1 aromatic rings. The second kappa shape index (κ2) is 4.61.